The van der Waals surface area contributed by atoms with E-state index in [4.69, 9.17) is 5.73 Å². The quantitative estimate of drug-likeness (QED) is 0.776. The average molecular weight is 300 g/mol. The Morgan fingerprint density at radius 1 is 1.38 bits per heavy atom. The Labute approximate surface area is 123 Å². The Balaban J connectivity index is 2.54. The fourth-order valence-electron chi connectivity index (χ4n) is 1.85. The van der Waals surface area contributed by atoms with Crippen LogP contribution >= 0.6 is 0 Å². The van der Waals surface area contributed by atoms with Crippen molar-refractivity contribution in [3.05, 3.63) is 29.8 Å². The predicted octanol–water partition coefficient (Wildman–Crippen LogP) is 2.84. The number of nitrogens with two attached hydrogens (primary N) is 1. The maximum Gasteiger partial charge on any atom is 0.387 e. The third-order valence-corrected chi connectivity index (χ3v) is 3.23. The van der Waals surface area contributed by atoms with E-state index < -0.39 is 6.61 Å². The zero-order valence-electron chi connectivity index (χ0n) is 12.3. The van der Waals surface area contributed by atoms with Crippen molar-refractivity contribution in [1.29, 1.82) is 0 Å². The van der Waals surface area contributed by atoms with Gasteiger partial charge in [-0.05, 0) is 43.5 Å². The van der Waals surface area contributed by atoms with E-state index in [1.807, 2.05) is 6.92 Å². The van der Waals surface area contributed by atoms with Crippen molar-refractivity contribution >= 4 is 5.91 Å². The van der Waals surface area contributed by atoms with E-state index in [0.29, 0.717) is 24.4 Å². The highest BCUT2D eigenvalue weighted by atomic mass is 19.3. The van der Waals surface area contributed by atoms with Crippen LogP contribution < -0.4 is 15.8 Å². The second-order valence-electron chi connectivity index (χ2n) is 5.12. The van der Waals surface area contributed by atoms with Crippen LogP contribution in [0.1, 0.15) is 38.3 Å². The molecule has 0 aliphatic heterocycles. The minimum absolute atomic E-state index is 0.0806. The lowest BCUT2D eigenvalue weighted by molar-refractivity contribution is -0.122. The van der Waals surface area contributed by atoms with Crippen LogP contribution in [-0.2, 0) is 4.79 Å². The topological polar surface area (TPSA) is 64.4 Å². The predicted molar refractivity (Wildman–Crippen MR) is 77.1 cm³/mol. The Kier molecular flexibility index (Phi) is 7.08. The number of halogens is 2. The molecule has 0 spiro atoms. The number of rotatable bonds is 8. The van der Waals surface area contributed by atoms with Gasteiger partial charge in [-0.3, -0.25) is 4.79 Å². The average Bonchev–Trinajstić information content (AvgIpc) is 2.44. The molecule has 6 heteroatoms. The Morgan fingerprint density at radius 3 is 2.71 bits per heavy atom. The minimum Gasteiger partial charge on any atom is -0.435 e. The Morgan fingerprint density at radius 2 is 2.10 bits per heavy atom. The molecule has 0 aromatic heterocycles. The molecule has 0 saturated carbocycles. The van der Waals surface area contributed by atoms with Gasteiger partial charge in [0.25, 0.3) is 0 Å². The summed E-state index contributed by atoms with van der Waals surface area (Å²) in [7, 11) is 0. The Bertz CT molecular complexity index is 455. The summed E-state index contributed by atoms with van der Waals surface area (Å²) in [5.41, 5.74) is 6.22. The number of carbonyl (C=O) groups is 1. The molecule has 1 aromatic carbocycles. The van der Waals surface area contributed by atoms with Crippen molar-refractivity contribution in [3.8, 4) is 5.75 Å². The molecule has 1 amide bonds. The minimum atomic E-state index is -2.86. The summed E-state index contributed by atoms with van der Waals surface area (Å²) >= 11 is 0. The van der Waals surface area contributed by atoms with Crippen LogP contribution in [0.15, 0.2) is 24.3 Å². The number of alkyl halides is 2. The van der Waals surface area contributed by atoms with Gasteiger partial charge in [0.15, 0.2) is 0 Å². The molecule has 4 nitrogen and oxygen atoms in total. The molecule has 0 radical (unpaired) electrons. The monoisotopic (exact) mass is 300 g/mol. The van der Waals surface area contributed by atoms with Gasteiger partial charge in [-0.1, -0.05) is 19.1 Å². The highest BCUT2D eigenvalue weighted by Gasteiger charge is 2.12. The number of ether oxygens (including phenoxy) is 1. The van der Waals surface area contributed by atoms with Gasteiger partial charge in [-0.25, -0.2) is 0 Å². The van der Waals surface area contributed by atoms with E-state index >= 15 is 0 Å². The SMILES string of the molecule is CC(CN)CCC(=O)NC(C)c1cccc(OC(F)F)c1. The van der Waals surface area contributed by atoms with Crippen molar-refractivity contribution in [2.75, 3.05) is 6.54 Å². The summed E-state index contributed by atoms with van der Waals surface area (Å²) in [6.45, 7) is 1.48. The fraction of sp³-hybridized carbons (Fsp3) is 0.533. The highest BCUT2D eigenvalue weighted by Crippen LogP contribution is 2.20. The molecule has 1 rings (SSSR count). The third kappa shape index (κ3) is 6.53. The maximum absolute atomic E-state index is 12.2. The first-order valence-corrected chi connectivity index (χ1v) is 6.96. The zero-order chi connectivity index (χ0) is 15.8. The molecule has 2 atom stereocenters. The number of hydrogen-bond donors (Lipinski definition) is 2. The van der Waals surface area contributed by atoms with E-state index in [0.717, 1.165) is 6.42 Å². The van der Waals surface area contributed by atoms with Crippen LogP contribution in [0, 0.1) is 5.92 Å². The van der Waals surface area contributed by atoms with E-state index in [1.54, 1.807) is 19.1 Å². The molecule has 1 aromatic rings. The van der Waals surface area contributed by atoms with E-state index in [-0.39, 0.29) is 17.7 Å². The number of carbonyl (C=O) groups excluding carboxylic acids is 1. The lowest BCUT2D eigenvalue weighted by atomic mass is 10.0. The molecule has 2 unspecified atom stereocenters. The second-order valence-corrected chi connectivity index (χ2v) is 5.12. The van der Waals surface area contributed by atoms with E-state index in [2.05, 4.69) is 10.1 Å². The molecule has 21 heavy (non-hydrogen) atoms. The van der Waals surface area contributed by atoms with Gasteiger partial charge in [0, 0.05) is 6.42 Å². The molecular weight excluding hydrogens is 278 g/mol. The van der Waals surface area contributed by atoms with Gasteiger partial charge in [-0.2, -0.15) is 8.78 Å². The van der Waals surface area contributed by atoms with Crippen molar-refractivity contribution in [3.63, 3.8) is 0 Å². The van der Waals surface area contributed by atoms with Crippen LogP contribution in [-0.4, -0.2) is 19.1 Å². The van der Waals surface area contributed by atoms with Crippen molar-refractivity contribution in [2.45, 2.75) is 39.3 Å². The number of amides is 1. The summed E-state index contributed by atoms with van der Waals surface area (Å²) in [6, 6.07) is 6.05. The number of nitrogens with one attached hydrogen (secondary N) is 1. The highest BCUT2D eigenvalue weighted by molar-refractivity contribution is 5.76. The standard InChI is InChI=1S/C15H22F2N2O2/c1-10(9-18)6-7-14(20)19-11(2)12-4-3-5-13(8-12)21-15(16)17/h3-5,8,10-11,15H,6-7,9,18H2,1-2H3,(H,19,20). The van der Waals surface area contributed by atoms with Crippen LogP contribution in [0.2, 0.25) is 0 Å². The lowest BCUT2D eigenvalue weighted by Gasteiger charge is -2.16. The molecular formula is C15H22F2N2O2. The number of hydrogen-bond acceptors (Lipinski definition) is 3. The molecule has 0 saturated heterocycles. The first-order valence-electron chi connectivity index (χ1n) is 6.96. The smallest absolute Gasteiger partial charge is 0.387 e. The van der Waals surface area contributed by atoms with Crippen LogP contribution in [0.4, 0.5) is 8.78 Å². The van der Waals surface area contributed by atoms with Crippen LogP contribution in [0.25, 0.3) is 0 Å². The summed E-state index contributed by atoms with van der Waals surface area (Å²) in [6.07, 6.45) is 1.12. The molecule has 0 aliphatic carbocycles. The van der Waals surface area contributed by atoms with E-state index in [1.165, 1.54) is 12.1 Å². The third-order valence-electron chi connectivity index (χ3n) is 3.23. The van der Waals surface area contributed by atoms with Gasteiger partial charge in [0.1, 0.15) is 5.75 Å². The first kappa shape index (κ1) is 17.4. The van der Waals surface area contributed by atoms with Crippen LogP contribution in [0.5, 0.6) is 5.75 Å². The number of benzene rings is 1. The summed E-state index contributed by atoms with van der Waals surface area (Å²) in [5, 5.41) is 2.83. The molecule has 3 N–H and O–H groups in total. The zero-order valence-corrected chi connectivity index (χ0v) is 12.3. The molecule has 0 aliphatic rings. The van der Waals surface area contributed by atoms with Gasteiger partial charge < -0.3 is 15.8 Å². The van der Waals surface area contributed by atoms with Gasteiger partial charge in [0.2, 0.25) is 5.91 Å². The van der Waals surface area contributed by atoms with E-state index in [9.17, 15) is 13.6 Å². The van der Waals surface area contributed by atoms with Crippen molar-refractivity contribution in [2.24, 2.45) is 11.7 Å². The normalized spacial score (nSPS) is 13.8. The summed E-state index contributed by atoms with van der Waals surface area (Å²) in [5.74, 6) is 0.303. The van der Waals surface area contributed by atoms with Crippen molar-refractivity contribution in [1.82, 2.24) is 5.32 Å². The van der Waals surface area contributed by atoms with Gasteiger partial charge in [0.05, 0.1) is 6.04 Å². The summed E-state index contributed by atoms with van der Waals surface area (Å²) < 4.78 is 28.7. The summed E-state index contributed by atoms with van der Waals surface area (Å²) in [4.78, 5) is 11.8. The fourth-order valence-corrected chi connectivity index (χ4v) is 1.85. The Hall–Kier alpha value is -1.69. The molecule has 0 fully saturated rings. The van der Waals surface area contributed by atoms with Gasteiger partial charge >= 0.3 is 6.61 Å². The second kappa shape index (κ2) is 8.56. The largest absolute Gasteiger partial charge is 0.435 e. The lowest BCUT2D eigenvalue weighted by Crippen LogP contribution is -2.27. The van der Waals surface area contributed by atoms with Crippen LogP contribution in [0.3, 0.4) is 0 Å². The van der Waals surface area contributed by atoms with Crippen molar-refractivity contribution < 1.29 is 18.3 Å². The molecule has 118 valence electrons. The molecule has 0 heterocycles. The van der Waals surface area contributed by atoms with Gasteiger partial charge in [-0.15, -0.1) is 0 Å². The maximum atomic E-state index is 12.2. The first-order chi connectivity index (χ1) is 9.92. The molecule has 0 bridgehead atoms.